The van der Waals surface area contributed by atoms with Crippen LogP contribution in [0.1, 0.15) is 39.5 Å². The Balaban J connectivity index is 2.44. The van der Waals surface area contributed by atoms with Crippen molar-refractivity contribution >= 4 is 17.3 Å². The largest absolute Gasteiger partial charge is 0.360 e. The standard InChI is InChI=1S/C13H27N3S/c1-5-16(11(2)10-15(3)4)13(17)14-12-8-6-7-9-12/h11-12H,5-10H2,1-4H3,(H,14,17). The molecule has 0 aromatic heterocycles. The molecule has 0 heterocycles. The highest BCUT2D eigenvalue weighted by molar-refractivity contribution is 7.80. The van der Waals surface area contributed by atoms with Gasteiger partial charge in [0, 0.05) is 25.2 Å². The van der Waals surface area contributed by atoms with Crippen LogP contribution < -0.4 is 5.32 Å². The van der Waals surface area contributed by atoms with Crippen molar-refractivity contribution in [1.82, 2.24) is 15.1 Å². The Morgan fingerprint density at radius 2 is 1.94 bits per heavy atom. The van der Waals surface area contributed by atoms with Crippen LogP contribution in [0.3, 0.4) is 0 Å². The van der Waals surface area contributed by atoms with Crippen LogP contribution in [0.15, 0.2) is 0 Å². The zero-order chi connectivity index (χ0) is 12.8. The minimum atomic E-state index is 0.469. The number of hydrogen-bond acceptors (Lipinski definition) is 2. The van der Waals surface area contributed by atoms with Crippen molar-refractivity contribution in [3.05, 3.63) is 0 Å². The molecule has 0 amide bonds. The molecule has 17 heavy (non-hydrogen) atoms. The molecule has 0 bridgehead atoms. The zero-order valence-corrected chi connectivity index (χ0v) is 12.5. The van der Waals surface area contributed by atoms with Crippen LogP contribution in [0, 0.1) is 0 Å². The van der Waals surface area contributed by atoms with Gasteiger partial charge in [0.25, 0.3) is 0 Å². The minimum Gasteiger partial charge on any atom is -0.360 e. The van der Waals surface area contributed by atoms with Crippen LogP contribution in [0.2, 0.25) is 0 Å². The lowest BCUT2D eigenvalue weighted by molar-refractivity contribution is 0.260. The van der Waals surface area contributed by atoms with Gasteiger partial charge in [-0.25, -0.2) is 0 Å². The molecule has 0 aromatic rings. The fraction of sp³-hybridized carbons (Fsp3) is 0.923. The van der Waals surface area contributed by atoms with Crippen LogP contribution in [0.5, 0.6) is 0 Å². The van der Waals surface area contributed by atoms with E-state index in [1.165, 1.54) is 25.7 Å². The van der Waals surface area contributed by atoms with Crippen molar-refractivity contribution in [2.75, 3.05) is 27.2 Å². The molecule has 1 N–H and O–H groups in total. The Hall–Kier alpha value is -0.350. The normalized spacial score (nSPS) is 18.4. The molecule has 1 unspecified atom stereocenters. The van der Waals surface area contributed by atoms with Gasteiger partial charge in [-0.2, -0.15) is 0 Å². The van der Waals surface area contributed by atoms with Gasteiger partial charge in [0.2, 0.25) is 0 Å². The zero-order valence-electron chi connectivity index (χ0n) is 11.7. The maximum Gasteiger partial charge on any atom is 0.169 e. The predicted molar refractivity (Wildman–Crippen MR) is 78.4 cm³/mol. The van der Waals surface area contributed by atoms with E-state index in [1.54, 1.807) is 0 Å². The number of nitrogens with one attached hydrogen (secondary N) is 1. The van der Waals surface area contributed by atoms with Gasteiger partial charge in [-0.3, -0.25) is 0 Å². The number of nitrogens with zero attached hydrogens (tertiary/aromatic N) is 2. The second-order valence-electron chi connectivity index (χ2n) is 5.33. The van der Waals surface area contributed by atoms with Crippen molar-refractivity contribution in [3.8, 4) is 0 Å². The summed E-state index contributed by atoms with van der Waals surface area (Å²) < 4.78 is 0. The predicted octanol–water partition coefficient (Wildman–Crippen LogP) is 2.08. The topological polar surface area (TPSA) is 18.5 Å². The summed E-state index contributed by atoms with van der Waals surface area (Å²) in [5.41, 5.74) is 0. The van der Waals surface area contributed by atoms with E-state index in [-0.39, 0.29) is 0 Å². The lowest BCUT2D eigenvalue weighted by atomic mass is 10.2. The van der Waals surface area contributed by atoms with Crippen molar-refractivity contribution in [2.24, 2.45) is 0 Å². The van der Waals surface area contributed by atoms with Gasteiger partial charge in [0.05, 0.1) is 0 Å². The second-order valence-corrected chi connectivity index (χ2v) is 5.71. The summed E-state index contributed by atoms with van der Waals surface area (Å²) in [7, 11) is 4.22. The molecule has 0 saturated heterocycles. The number of likely N-dealkylation sites (N-methyl/N-ethyl adjacent to an activating group) is 2. The number of thiocarbonyl (C=S) groups is 1. The molecule has 0 radical (unpaired) electrons. The van der Waals surface area contributed by atoms with E-state index in [0.29, 0.717) is 12.1 Å². The van der Waals surface area contributed by atoms with Crippen molar-refractivity contribution < 1.29 is 0 Å². The molecule has 100 valence electrons. The lowest BCUT2D eigenvalue weighted by Gasteiger charge is -2.33. The molecule has 0 spiro atoms. The van der Waals surface area contributed by atoms with E-state index in [2.05, 4.69) is 43.1 Å². The number of rotatable bonds is 5. The van der Waals surface area contributed by atoms with Gasteiger partial charge >= 0.3 is 0 Å². The molecule has 1 saturated carbocycles. The molecule has 0 aliphatic heterocycles. The fourth-order valence-corrected chi connectivity index (χ4v) is 3.09. The van der Waals surface area contributed by atoms with Gasteiger partial charge in [0.1, 0.15) is 0 Å². The first-order valence-electron chi connectivity index (χ1n) is 6.76. The molecule has 1 aliphatic carbocycles. The van der Waals surface area contributed by atoms with Gasteiger partial charge in [-0.05, 0) is 53.0 Å². The summed E-state index contributed by atoms with van der Waals surface area (Å²) in [6, 6.07) is 1.08. The Kier molecular flexibility index (Phi) is 6.20. The highest BCUT2D eigenvalue weighted by Crippen LogP contribution is 2.18. The molecule has 1 aliphatic rings. The highest BCUT2D eigenvalue weighted by atomic mass is 32.1. The first-order chi connectivity index (χ1) is 8.04. The smallest absolute Gasteiger partial charge is 0.169 e. The molecular formula is C13H27N3S. The summed E-state index contributed by atoms with van der Waals surface area (Å²) in [4.78, 5) is 4.51. The second kappa shape index (κ2) is 7.17. The third-order valence-electron chi connectivity index (χ3n) is 3.45. The van der Waals surface area contributed by atoms with Crippen LogP contribution in [0.25, 0.3) is 0 Å². The molecule has 3 nitrogen and oxygen atoms in total. The van der Waals surface area contributed by atoms with Crippen LogP contribution in [-0.4, -0.2) is 54.2 Å². The maximum absolute atomic E-state index is 5.54. The molecule has 1 rings (SSSR count). The van der Waals surface area contributed by atoms with Gasteiger partial charge in [-0.15, -0.1) is 0 Å². The molecule has 0 aromatic carbocycles. The van der Waals surface area contributed by atoms with Crippen LogP contribution in [0.4, 0.5) is 0 Å². The molecule has 1 fully saturated rings. The van der Waals surface area contributed by atoms with E-state index in [9.17, 15) is 0 Å². The van der Waals surface area contributed by atoms with E-state index in [4.69, 9.17) is 12.2 Å². The van der Waals surface area contributed by atoms with Gasteiger partial charge in [0.15, 0.2) is 5.11 Å². The first kappa shape index (κ1) is 14.7. The van der Waals surface area contributed by atoms with Gasteiger partial charge < -0.3 is 15.1 Å². The van der Waals surface area contributed by atoms with Crippen molar-refractivity contribution in [3.63, 3.8) is 0 Å². The summed E-state index contributed by atoms with van der Waals surface area (Å²) >= 11 is 5.54. The average Bonchev–Trinajstić information content (AvgIpc) is 2.70. The molecular weight excluding hydrogens is 230 g/mol. The average molecular weight is 257 g/mol. The minimum absolute atomic E-state index is 0.469. The highest BCUT2D eigenvalue weighted by Gasteiger charge is 2.20. The van der Waals surface area contributed by atoms with E-state index >= 15 is 0 Å². The maximum atomic E-state index is 5.54. The molecule has 1 atom stereocenters. The van der Waals surface area contributed by atoms with E-state index < -0.39 is 0 Å². The Bertz CT molecular complexity index is 237. The first-order valence-corrected chi connectivity index (χ1v) is 7.17. The Labute approximate surface area is 112 Å². The quantitative estimate of drug-likeness (QED) is 0.760. The Morgan fingerprint density at radius 1 is 1.35 bits per heavy atom. The van der Waals surface area contributed by atoms with E-state index in [1.807, 2.05) is 0 Å². The third-order valence-corrected chi connectivity index (χ3v) is 3.80. The van der Waals surface area contributed by atoms with Gasteiger partial charge in [-0.1, -0.05) is 12.8 Å². The monoisotopic (exact) mass is 257 g/mol. The Morgan fingerprint density at radius 3 is 2.41 bits per heavy atom. The van der Waals surface area contributed by atoms with E-state index in [0.717, 1.165) is 18.2 Å². The summed E-state index contributed by atoms with van der Waals surface area (Å²) in [6.07, 6.45) is 5.25. The summed E-state index contributed by atoms with van der Waals surface area (Å²) in [5, 5.41) is 4.46. The van der Waals surface area contributed by atoms with Crippen LogP contribution >= 0.6 is 12.2 Å². The van der Waals surface area contributed by atoms with Crippen LogP contribution in [-0.2, 0) is 0 Å². The lowest BCUT2D eigenvalue weighted by Crippen LogP contribution is -2.50. The fourth-order valence-electron chi connectivity index (χ4n) is 2.61. The SMILES string of the molecule is CCN(C(=S)NC1CCCC1)C(C)CN(C)C. The summed E-state index contributed by atoms with van der Waals surface area (Å²) in [5.74, 6) is 0. The molecule has 4 heteroatoms. The number of hydrogen-bond donors (Lipinski definition) is 1. The van der Waals surface area contributed by atoms with Crippen molar-refractivity contribution in [1.29, 1.82) is 0 Å². The third kappa shape index (κ3) is 4.80. The summed E-state index contributed by atoms with van der Waals surface area (Å²) in [6.45, 7) is 6.44. The van der Waals surface area contributed by atoms with Crippen molar-refractivity contribution in [2.45, 2.75) is 51.6 Å².